The van der Waals surface area contributed by atoms with Gasteiger partial charge >= 0.3 is 0 Å². The number of non-ortho nitro benzene ring substituents is 1. The molecule has 0 fully saturated rings. The predicted octanol–water partition coefficient (Wildman–Crippen LogP) is 2.20. The Kier molecular flexibility index (Phi) is 3.58. The van der Waals surface area contributed by atoms with Gasteiger partial charge in [0.15, 0.2) is 5.82 Å². The van der Waals surface area contributed by atoms with Gasteiger partial charge in [0.05, 0.1) is 15.0 Å². The molecule has 0 N–H and O–H groups in total. The number of rotatable bonds is 2. The average Bonchev–Trinajstić information content (AvgIpc) is 2.20. The van der Waals surface area contributed by atoms with Crippen LogP contribution in [0.5, 0.6) is 0 Å². The third-order valence-corrected chi connectivity index (χ3v) is 2.44. The molecule has 86 valence electrons. The first-order valence-corrected chi connectivity index (χ1v) is 4.99. The summed E-state index contributed by atoms with van der Waals surface area (Å²) in [6.45, 7) is 0. The van der Waals surface area contributed by atoms with E-state index < -0.39 is 16.6 Å². The summed E-state index contributed by atoms with van der Waals surface area (Å²) in [4.78, 5) is 22.5. The molecule has 1 aromatic rings. The average molecular weight is 291 g/mol. The molecule has 0 radical (unpaired) electrons. The quantitative estimate of drug-likeness (QED) is 0.620. The molecule has 7 heteroatoms. The van der Waals surface area contributed by atoms with Gasteiger partial charge < -0.3 is 4.90 Å². The Morgan fingerprint density at radius 2 is 2.06 bits per heavy atom. The third kappa shape index (κ3) is 2.35. The van der Waals surface area contributed by atoms with Gasteiger partial charge in [-0.05, 0) is 15.9 Å². The van der Waals surface area contributed by atoms with E-state index in [0.29, 0.717) is 0 Å². The van der Waals surface area contributed by atoms with Crippen molar-refractivity contribution in [1.29, 1.82) is 0 Å². The summed E-state index contributed by atoms with van der Waals surface area (Å²) < 4.78 is 13.4. The van der Waals surface area contributed by atoms with Crippen LogP contribution in [0.2, 0.25) is 0 Å². The van der Waals surface area contributed by atoms with Gasteiger partial charge in [0.1, 0.15) is 0 Å². The first-order chi connectivity index (χ1) is 7.34. The summed E-state index contributed by atoms with van der Waals surface area (Å²) >= 11 is 2.83. The molecule has 16 heavy (non-hydrogen) atoms. The van der Waals surface area contributed by atoms with E-state index in [9.17, 15) is 19.3 Å². The van der Waals surface area contributed by atoms with Gasteiger partial charge in [0, 0.05) is 26.2 Å². The first kappa shape index (κ1) is 12.6. The Morgan fingerprint density at radius 3 is 2.50 bits per heavy atom. The number of carbonyl (C=O) groups excluding carboxylic acids is 1. The minimum atomic E-state index is -0.802. The van der Waals surface area contributed by atoms with Crippen LogP contribution in [0.15, 0.2) is 16.6 Å². The van der Waals surface area contributed by atoms with Gasteiger partial charge in [-0.3, -0.25) is 14.9 Å². The normalized spacial score (nSPS) is 10.0. The Morgan fingerprint density at radius 1 is 1.50 bits per heavy atom. The molecular weight excluding hydrogens is 283 g/mol. The van der Waals surface area contributed by atoms with Crippen LogP contribution in [0.3, 0.4) is 0 Å². The molecule has 0 heterocycles. The van der Waals surface area contributed by atoms with E-state index in [1.807, 2.05) is 0 Å². The van der Waals surface area contributed by atoms with E-state index >= 15 is 0 Å². The van der Waals surface area contributed by atoms with Crippen molar-refractivity contribution in [3.05, 3.63) is 38.1 Å². The highest BCUT2D eigenvalue weighted by molar-refractivity contribution is 9.10. The zero-order chi connectivity index (χ0) is 12.5. The van der Waals surface area contributed by atoms with E-state index in [2.05, 4.69) is 15.9 Å². The van der Waals surface area contributed by atoms with Gasteiger partial charge in [-0.2, -0.15) is 0 Å². The Labute approximate surface area is 99.1 Å². The molecule has 0 aromatic heterocycles. The second-order valence-corrected chi connectivity index (χ2v) is 4.10. The van der Waals surface area contributed by atoms with E-state index in [1.54, 1.807) is 0 Å². The maximum absolute atomic E-state index is 13.5. The van der Waals surface area contributed by atoms with Crippen LogP contribution in [0, 0.1) is 15.9 Å². The third-order valence-electron chi connectivity index (χ3n) is 1.86. The smallest absolute Gasteiger partial charge is 0.271 e. The van der Waals surface area contributed by atoms with Crippen LogP contribution in [0.25, 0.3) is 0 Å². The second kappa shape index (κ2) is 4.56. The number of carbonyl (C=O) groups is 1. The number of halogens is 2. The van der Waals surface area contributed by atoms with Crippen LogP contribution in [0.1, 0.15) is 10.4 Å². The summed E-state index contributed by atoms with van der Waals surface area (Å²) in [5.74, 6) is -1.42. The highest BCUT2D eigenvalue weighted by Gasteiger charge is 2.21. The molecule has 0 bridgehead atoms. The van der Waals surface area contributed by atoms with Gasteiger partial charge in [-0.15, -0.1) is 0 Å². The Bertz CT molecular complexity index is 462. The molecule has 0 atom stereocenters. The van der Waals surface area contributed by atoms with Crippen molar-refractivity contribution in [2.45, 2.75) is 0 Å². The summed E-state index contributed by atoms with van der Waals surface area (Å²) in [6.07, 6.45) is 0. The first-order valence-electron chi connectivity index (χ1n) is 4.19. The summed E-state index contributed by atoms with van der Waals surface area (Å²) in [5, 5.41) is 10.5. The highest BCUT2D eigenvalue weighted by atomic mass is 79.9. The minimum Gasteiger partial charge on any atom is -0.345 e. The lowest BCUT2D eigenvalue weighted by Crippen LogP contribution is -2.23. The van der Waals surface area contributed by atoms with Gasteiger partial charge in [-0.1, -0.05) is 0 Å². The van der Waals surface area contributed by atoms with Gasteiger partial charge in [0.25, 0.3) is 11.6 Å². The molecule has 1 amide bonds. The van der Waals surface area contributed by atoms with E-state index in [0.717, 1.165) is 17.0 Å². The molecule has 0 aliphatic heterocycles. The lowest BCUT2D eigenvalue weighted by Gasteiger charge is -2.11. The molecule has 0 saturated heterocycles. The van der Waals surface area contributed by atoms with Crippen LogP contribution < -0.4 is 0 Å². The van der Waals surface area contributed by atoms with Crippen molar-refractivity contribution in [3.8, 4) is 0 Å². The molecule has 0 aliphatic rings. The SMILES string of the molecule is CN(C)C(=O)c1cc([N+](=O)[O-])cc(Br)c1F. The van der Waals surface area contributed by atoms with Crippen molar-refractivity contribution in [1.82, 2.24) is 4.90 Å². The fourth-order valence-corrected chi connectivity index (χ4v) is 1.52. The standard InChI is InChI=1S/C9H8BrFN2O3/c1-12(2)9(14)6-3-5(13(15)16)4-7(10)8(6)11/h3-4H,1-2H3. The van der Waals surface area contributed by atoms with Crippen molar-refractivity contribution >= 4 is 27.5 Å². The van der Waals surface area contributed by atoms with Gasteiger partial charge in [-0.25, -0.2) is 4.39 Å². The number of nitro benzene ring substituents is 1. The van der Waals surface area contributed by atoms with Crippen LogP contribution in [-0.4, -0.2) is 29.8 Å². The molecule has 5 nitrogen and oxygen atoms in total. The van der Waals surface area contributed by atoms with Crippen molar-refractivity contribution in [2.75, 3.05) is 14.1 Å². The minimum absolute atomic E-state index is 0.105. The van der Waals surface area contributed by atoms with E-state index in [-0.39, 0.29) is 15.7 Å². The Hall–Kier alpha value is -1.50. The summed E-state index contributed by atoms with van der Waals surface area (Å²) in [5.41, 5.74) is -0.662. The molecule has 0 saturated carbocycles. The van der Waals surface area contributed by atoms with E-state index in [1.165, 1.54) is 14.1 Å². The lowest BCUT2D eigenvalue weighted by molar-refractivity contribution is -0.385. The fraction of sp³-hybridized carbons (Fsp3) is 0.222. The molecular formula is C9H8BrFN2O3. The van der Waals surface area contributed by atoms with Crippen molar-refractivity contribution in [2.24, 2.45) is 0 Å². The zero-order valence-electron chi connectivity index (χ0n) is 8.53. The molecule has 0 unspecified atom stereocenters. The number of hydrogen-bond acceptors (Lipinski definition) is 3. The van der Waals surface area contributed by atoms with Gasteiger partial charge in [0.2, 0.25) is 0 Å². The monoisotopic (exact) mass is 290 g/mol. The highest BCUT2D eigenvalue weighted by Crippen LogP contribution is 2.26. The number of nitro groups is 1. The van der Waals surface area contributed by atoms with Crippen LogP contribution in [-0.2, 0) is 0 Å². The largest absolute Gasteiger partial charge is 0.345 e. The molecule has 0 spiro atoms. The number of amides is 1. The fourth-order valence-electron chi connectivity index (χ4n) is 1.08. The van der Waals surface area contributed by atoms with Crippen molar-refractivity contribution < 1.29 is 14.1 Å². The molecule has 1 aromatic carbocycles. The lowest BCUT2D eigenvalue weighted by atomic mass is 10.1. The topological polar surface area (TPSA) is 63.5 Å². The second-order valence-electron chi connectivity index (χ2n) is 3.25. The molecule has 0 aliphatic carbocycles. The van der Waals surface area contributed by atoms with Crippen LogP contribution >= 0.6 is 15.9 Å². The summed E-state index contributed by atoms with van der Waals surface area (Å²) in [7, 11) is 2.88. The summed E-state index contributed by atoms with van der Waals surface area (Å²) in [6, 6.07) is 1.93. The predicted molar refractivity (Wildman–Crippen MR) is 58.8 cm³/mol. The van der Waals surface area contributed by atoms with Crippen molar-refractivity contribution in [3.63, 3.8) is 0 Å². The maximum Gasteiger partial charge on any atom is 0.271 e. The van der Waals surface area contributed by atoms with E-state index in [4.69, 9.17) is 0 Å². The number of nitrogens with zero attached hydrogens (tertiary/aromatic N) is 2. The zero-order valence-corrected chi connectivity index (χ0v) is 10.1. The Balaban J connectivity index is 3.38. The number of hydrogen-bond donors (Lipinski definition) is 0. The van der Waals surface area contributed by atoms with Crippen LogP contribution in [0.4, 0.5) is 10.1 Å². The molecule has 1 rings (SSSR count). The maximum atomic E-state index is 13.5. The number of benzene rings is 1.